The minimum Gasteiger partial charge on any atom is -0.361 e. The number of hydrogen-bond acceptors (Lipinski definition) is 1. The number of benzene rings is 3. The van der Waals surface area contributed by atoms with Crippen LogP contribution in [0.2, 0.25) is 15.1 Å². The van der Waals surface area contributed by atoms with E-state index in [0.717, 1.165) is 22.0 Å². The fraction of sp³-hybridized carbons (Fsp3) is 0.0870. The largest absolute Gasteiger partial charge is 0.361 e. The van der Waals surface area contributed by atoms with Crippen LogP contribution in [0.25, 0.3) is 10.9 Å². The van der Waals surface area contributed by atoms with Gasteiger partial charge in [0, 0.05) is 40.1 Å². The third-order valence-electron chi connectivity index (χ3n) is 4.93. The summed E-state index contributed by atoms with van der Waals surface area (Å²) in [5.74, 6) is -0.341. The summed E-state index contributed by atoms with van der Waals surface area (Å²) in [7, 11) is 0. The molecule has 1 aromatic heterocycles. The Hall–Kier alpha value is -2.46. The van der Waals surface area contributed by atoms with Crippen LogP contribution in [0, 0.1) is 0 Å². The van der Waals surface area contributed by atoms with Crippen molar-refractivity contribution in [2.45, 2.75) is 5.92 Å². The van der Waals surface area contributed by atoms with E-state index in [-0.39, 0.29) is 11.8 Å². The molecule has 0 fully saturated rings. The first-order chi connectivity index (χ1) is 14.0. The number of carbonyl (C=O) groups is 1. The molecular formula is C23H17Cl3N2O. The Morgan fingerprint density at radius 2 is 1.62 bits per heavy atom. The van der Waals surface area contributed by atoms with E-state index >= 15 is 0 Å². The smallest absolute Gasteiger partial charge is 0.251 e. The maximum absolute atomic E-state index is 12.7. The molecule has 0 aliphatic carbocycles. The Kier molecular flexibility index (Phi) is 5.81. The molecule has 0 saturated carbocycles. The highest BCUT2D eigenvalue weighted by Crippen LogP contribution is 2.34. The summed E-state index contributed by atoms with van der Waals surface area (Å²) >= 11 is 18.5. The number of nitrogens with one attached hydrogen (secondary N) is 2. The summed E-state index contributed by atoms with van der Waals surface area (Å²) in [6.07, 6.45) is 1.98. The molecule has 0 spiro atoms. The molecule has 0 aliphatic rings. The van der Waals surface area contributed by atoms with Crippen molar-refractivity contribution < 1.29 is 4.79 Å². The summed E-state index contributed by atoms with van der Waals surface area (Å²) < 4.78 is 0. The van der Waals surface area contributed by atoms with Crippen LogP contribution in [-0.4, -0.2) is 17.4 Å². The predicted molar refractivity (Wildman–Crippen MR) is 120 cm³/mol. The van der Waals surface area contributed by atoms with Gasteiger partial charge in [-0.05, 0) is 41.5 Å². The number of aromatic nitrogens is 1. The molecule has 1 unspecified atom stereocenters. The van der Waals surface area contributed by atoms with Crippen LogP contribution in [0.1, 0.15) is 27.4 Å². The molecule has 4 aromatic rings. The van der Waals surface area contributed by atoms with Crippen molar-refractivity contribution in [3.63, 3.8) is 0 Å². The zero-order valence-electron chi connectivity index (χ0n) is 15.3. The first-order valence-electron chi connectivity index (χ1n) is 9.08. The normalized spacial score (nSPS) is 12.1. The van der Waals surface area contributed by atoms with Crippen LogP contribution in [0.5, 0.6) is 0 Å². The highest BCUT2D eigenvalue weighted by Gasteiger charge is 2.21. The van der Waals surface area contributed by atoms with Crippen molar-refractivity contribution >= 4 is 51.6 Å². The SMILES string of the molecule is O=C(NCC(c1ccccc1Cl)c1c[nH]c2ccccc12)c1ccc(Cl)c(Cl)c1. The molecule has 0 saturated heterocycles. The molecule has 1 amide bonds. The lowest BCUT2D eigenvalue weighted by Crippen LogP contribution is -2.29. The standard InChI is InChI=1S/C23H17Cl3N2O/c24-19-7-3-1-5-15(19)17(18-12-27-22-8-4-2-6-16(18)22)13-28-23(29)14-9-10-20(25)21(26)11-14/h1-12,17,27H,13H2,(H,28,29). The zero-order chi connectivity index (χ0) is 20.4. The molecule has 0 bridgehead atoms. The fourth-order valence-corrected chi connectivity index (χ4v) is 4.03. The number of rotatable bonds is 5. The maximum Gasteiger partial charge on any atom is 0.251 e. The second-order valence-corrected chi connectivity index (χ2v) is 7.92. The molecular weight excluding hydrogens is 427 g/mol. The number of aromatic amines is 1. The zero-order valence-corrected chi connectivity index (χ0v) is 17.5. The third-order valence-corrected chi connectivity index (χ3v) is 6.01. The van der Waals surface area contributed by atoms with Crippen LogP contribution in [0.4, 0.5) is 0 Å². The third kappa shape index (κ3) is 4.13. The van der Waals surface area contributed by atoms with E-state index in [1.807, 2.05) is 48.7 Å². The fourth-order valence-electron chi connectivity index (χ4n) is 3.46. The van der Waals surface area contributed by atoms with Gasteiger partial charge in [0.05, 0.1) is 10.0 Å². The van der Waals surface area contributed by atoms with Gasteiger partial charge in [0.2, 0.25) is 0 Å². The van der Waals surface area contributed by atoms with Gasteiger partial charge in [-0.15, -0.1) is 0 Å². The molecule has 3 nitrogen and oxygen atoms in total. The Bertz CT molecular complexity index is 1190. The highest BCUT2D eigenvalue weighted by molar-refractivity contribution is 6.42. The lowest BCUT2D eigenvalue weighted by molar-refractivity contribution is 0.0952. The van der Waals surface area contributed by atoms with Crippen LogP contribution in [0.15, 0.2) is 72.9 Å². The summed E-state index contributed by atoms with van der Waals surface area (Å²) in [6, 6.07) is 20.6. The number of carbonyl (C=O) groups excluding carboxylic acids is 1. The van der Waals surface area contributed by atoms with Crippen molar-refractivity contribution in [2.75, 3.05) is 6.54 Å². The van der Waals surface area contributed by atoms with E-state index in [1.165, 1.54) is 0 Å². The van der Waals surface area contributed by atoms with Crippen molar-refractivity contribution in [1.82, 2.24) is 10.3 Å². The van der Waals surface area contributed by atoms with Crippen LogP contribution < -0.4 is 5.32 Å². The number of H-pyrrole nitrogens is 1. The predicted octanol–water partition coefficient (Wildman–Crippen LogP) is 6.69. The van der Waals surface area contributed by atoms with E-state index in [0.29, 0.717) is 27.2 Å². The molecule has 29 heavy (non-hydrogen) atoms. The van der Waals surface area contributed by atoms with E-state index < -0.39 is 0 Å². The molecule has 6 heteroatoms. The van der Waals surface area contributed by atoms with Gasteiger partial charge in [-0.3, -0.25) is 4.79 Å². The number of halogens is 3. The molecule has 3 aromatic carbocycles. The topological polar surface area (TPSA) is 44.9 Å². The molecule has 0 radical (unpaired) electrons. The van der Waals surface area contributed by atoms with Crippen molar-refractivity contribution in [3.05, 3.63) is 105 Å². The van der Waals surface area contributed by atoms with Gasteiger partial charge in [0.25, 0.3) is 5.91 Å². The Balaban J connectivity index is 1.67. The lowest BCUT2D eigenvalue weighted by atomic mass is 9.90. The lowest BCUT2D eigenvalue weighted by Gasteiger charge is -2.19. The monoisotopic (exact) mass is 442 g/mol. The van der Waals surface area contributed by atoms with E-state index in [4.69, 9.17) is 34.8 Å². The number of hydrogen-bond donors (Lipinski definition) is 2. The van der Waals surface area contributed by atoms with Gasteiger partial charge < -0.3 is 10.3 Å². The van der Waals surface area contributed by atoms with Gasteiger partial charge in [-0.25, -0.2) is 0 Å². The van der Waals surface area contributed by atoms with E-state index in [1.54, 1.807) is 18.2 Å². The van der Waals surface area contributed by atoms with Crippen LogP contribution in [0.3, 0.4) is 0 Å². The molecule has 1 atom stereocenters. The second-order valence-electron chi connectivity index (χ2n) is 6.70. The maximum atomic E-state index is 12.7. The minimum absolute atomic E-state index is 0.119. The summed E-state index contributed by atoms with van der Waals surface area (Å²) in [5.41, 5.74) is 3.52. The van der Waals surface area contributed by atoms with Gasteiger partial charge >= 0.3 is 0 Å². The molecule has 2 N–H and O–H groups in total. The molecule has 4 rings (SSSR count). The Labute approximate surface area is 183 Å². The first-order valence-corrected chi connectivity index (χ1v) is 10.2. The van der Waals surface area contributed by atoms with E-state index in [9.17, 15) is 4.79 Å². The van der Waals surface area contributed by atoms with E-state index in [2.05, 4.69) is 16.4 Å². The van der Waals surface area contributed by atoms with Crippen molar-refractivity contribution in [3.8, 4) is 0 Å². The quantitative estimate of drug-likeness (QED) is 0.354. The number of fused-ring (bicyclic) bond motifs is 1. The first kappa shape index (κ1) is 19.8. The second kappa shape index (κ2) is 8.50. The Morgan fingerprint density at radius 3 is 2.41 bits per heavy atom. The Morgan fingerprint density at radius 1 is 0.862 bits per heavy atom. The summed E-state index contributed by atoms with van der Waals surface area (Å²) in [4.78, 5) is 16.0. The average molecular weight is 444 g/mol. The summed E-state index contributed by atoms with van der Waals surface area (Å²) in [5, 5.41) is 5.53. The van der Waals surface area contributed by atoms with Gasteiger partial charge in [-0.2, -0.15) is 0 Å². The number of amides is 1. The van der Waals surface area contributed by atoms with Gasteiger partial charge in [-0.1, -0.05) is 71.2 Å². The highest BCUT2D eigenvalue weighted by atomic mass is 35.5. The molecule has 0 aliphatic heterocycles. The van der Waals surface area contributed by atoms with Gasteiger partial charge in [0.1, 0.15) is 0 Å². The van der Waals surface area contributed by atoms with Crippen LogP contribution >= 0.6 is 34.8 Å². The summed E-state index contributed by atoms with van der Waals surface area (Å²) in [6.45, 7) is 0.380. The average Bonchev–Trinajstić information content (AvgIpc) is 3.15. The molecule has 1 heterocycles. The van der Waals surface area contributed by atoms with Crippen molar-refractivity contribution in [1.29, 1.82) is 0 Å². The minimum atomic E-state index is -0.222. The van der Waals surface area contributed by atoms with Crippen molar-refractivity contribution in [2.24, 2.45) is 0 Å². The number of para-hydroxylation sites is 1. The van der Waals surface area contributed by atoms with Gasteiger partial charge in [0.15, 0.2) is 0 Å². The molecule has 146 valence electrons. The van der Waals surface area contributed by atoms with Crippen LogP contribution in [-0.2, 0) is 0 Å².